The lowest BCUT2D eigenvalue weighted by Crippen LogP contribution is -2.52. The SMILES string of the molecule is NC1CCC(C(=O)N2CCN(C(=O)C3CC3)CC2)C1. The van der Waals surface area contributed by atoms with Crippen LogP contribution in [-0.2, 0) is 9.59 Å². The normalized spacial score (nSPS) is 31.6. The monoisotopic (exact) mass is 265 g/mol. The average molecular weight is 265 g/mol. The van der Waals surface area contributed by atoms with Gasteiger partial charge in [0.25, 0.3) is 0 Å². The van der Waals surface area contributed by atoms with Crippen LogP contribution in [0.5, 0.6) is 0 Å². The molecule has 3 fully saturated rings. The zero-order valence-electron chi connectivity index (χ0n) is 11.4. The number of hydrogen-bond donors (Lipinski definition) is 1. The average Bonchev–Trinajstić information content (AvgIpc) is 3.19. The highest BCUT2D eigenvalue weighted by Gasteiger charge is 2.36. The molecule has 0 radical (unpaired) electrons. The van der Waals surface area contributed by atoms with Crippen molar-refractivity contribution in [2.24, 2.45) is 17.6 Å². The van der Waals surface area contributed by atoms with E-state index in [2.05, 4.69) is 0 Å². The quantitative estimate of drug-likeness (QED) is 0.775. The van der Waals surface area contributed by atoms with Gasteiger partial charge in [0, 0.05) is 44.1 Å². The molecular weight excluding hydrogens is 242 g/mol. The Bertz CT molecular complexity index is 373. The molecule has 0 aromatic rings. The Labute approximate surface area is 114 Å². The van der Waals surface area contributed by atoms with Crippen LogP contribution in [0, 0.1) is 11.8 Å². The molecule has 2 amide bonds. The minimum Gasteiger partial charge on any atom is -0.339 e. The second kappa shape index (κ2) is 5.12. The Morgan fingerprint density at radius 2 is 1.26 bits per heavy atom. The van der Waals surface area contributed by atoms with Crippen molar-refractivity contribution in [2.75, 3.05) is 26.2 Å². The van der Waals surface area contributed by atoms with Gasteiger partial charge in [0.2, 0.25) is 11.8 Å². The summed E-state index contributed by atoms with van der Waals surface area (Å²) in [5.74, 6) is 0.970. The van der Waals surface area contributed by atoms with Crippen molar-refractivity contribution in [3.8, 4) is 0 Å². The predicted molar refractivity (Wildman–Crippen MR) is 71.2 cm³/mol. The van der Waals surface area contributed by atoms with Gasteiger partial charge < -0.3 is 15.5 Å². The lowest BCUT2D eigenvalue weighted by atomic mass is 10.1. The highest BCUT2D eigenvalue weighted by atomic mass is 16.2. The molecule has 5 heteroatoms. The summed E-state index contributed by atoms with van der Waals surface area (Å²) in [5.41, 5.74) is 5.87. The van der Waals surface area contributed by atoms with Crippen LogP contribution >= 0.6 is 0 Å². The second-order valence-corrected chi connectivity index (χ2v) is 6.19. The molecule has 1 heterocycles. The van der Waals surface area contributed by atoms with Gasteiger partial charge in [0.1, 0.15) is 0 Å². The Kier molecular flexibility index (Phi) is 3.48. The van der Waals surface area contributed by atoms with Gasteiger partial charge in [-0.05, 0) is 32.1 Å². The van der Waals surface area contributed by atoms with Gasteiger partial charge in [-0.2, -0.15) is 0 Å². The molecule has 19 heavy (non-hydrogen) atoms. The molecule has 2 unspecified atom stereocenters. The van der Waals surface area contributed by atoms with Crippen molar-refractivity contribution in [3.05, 3.63) is 0 Å². The molecule has 5 nitrogen and oxygen atoms in total. The van der Waals surface area contributed by atoms with Crippen LogP contribution in [0.2, 0.25) is 0 Å². The van der Waals surface area contributed by atoms with Crippen LogP contribution in [0.4, 0.5) is 0 Å². The molecule has 1 aliphatic heterocycles. The molecule has 2 aliphatic carbocycles. The first-order chi connectivity index (χ1) is 9.15. The maximum absolute atomic E-state index is 12.3. The summed E-state index contributed by atoms with van der Waals surface area (Å²) < 4.78 is 0. The number of amides is 2. The van der Waals surface area contributed by atoms with E-state index in [1.165, 1.54) is 0 Å². The molecule has 0 aromatic heterocycles. The van der Waals surface area contributed by atoms with E-state index in [0.717, 1.165) is 32.1 Å². The minimum absolute atomic E-state index is 0.126. The Hall–Kier alpha value is -1.10. The van der Waals surface area contributed by atoms with Gasteiger partial charge >= 0.3 is 0 Å². The Morgan fingerprint density at radius 3 is 1.68 bits per heavy atom. The van der Waals surface area contributed by atoms with Crippen LogP contribution in [0.25, 0.3) is 0 Å². The summed E-state index contributed by atoms with van der Waals surface area (Å²) in [7, 11) is 0. The smallest absolute Gasteiger partial charge is 0.225 e. The summed E-state index contributed by atoms with van der Waals surface area (Å²) in [6.07, 6.45) is 4.84. The molecule has 2 atom stereocenters. The summed E-state index contributed by atoms with van der Waals surface area (Å²) in [6.45, 7) is 2.81. The molecule has 106 valence electrons. The number of carbonyl (C=O) groups is 2. The highest BCUT2D eigenvalue weighted by Crippen LogP contribution is 2.31. The number of hydrogen-bond acceptors (Lipinski definition) is 3. The first-order valence-electron chi connectivity index (χ1n) is 7.48. The van der Waals surface area contributed by atoms with Crippen LogP contribution in [0.15, 0.2) is 0 Å². The molecule has 1 saturated heterocycles. The van der Waals surface area contributed by atoms with E-state index in [-0.39, 0.29) is 23.8 Å². The maximum Gasteiger partial charge on any atom is 0.225 e. The molecule has 2 saturated carbocycles. The van der Waals surface area contributed by atoms with E-state index in [0.29, 0.717) is 32.1 Å². The van der Waals surface area contributed by atoms with Crippen LogP contribution in [0.3, 0.4) is 0 Å². The second-order valence-electron chi connectivity index (χ2n) is 6.19. The summed E-state index contributed by atoms with van der Waals surface area (Å²) >= 11 is 0. The Morgan fingerprint density at radius 1 is 0.789 bits per heavy atom. The van der Waals surface area contributed by atoms with E-state index in [1.54, 1.807) is 0 Å². The van der Waals surface area contributed by atoms with Crippen molar-refractivity contribution >= 4 is 11.8 Å². The minimum atomic E-state index is 0.126. The Balaban J connectivity index is 1.49. The van der Waals surface area contributed by atoms with Crippen molar-refractivity contribution in [1.29, 1.82) is 0 Å². The summed E-state index contributed by atoms with van der Waals surface area (Å²) in [6, 6.07) is 0.201. The highest BCUT2D eigenvalue weighted by molar-refractivity contribution is 5.82. The topological polar surface area (TPSA) is 66.6 Å². The van der Waals surface area contributed by atoms with Gasteiger partial charge in [0.15, 0.2) is 0 Å². The zero-order valence-corrected chi connectivity index (χ0v) is 11.4. The summed E-state index contributed by atoms with van der Waals surface area (Å²) in [4.78, 5) is 28.1. The molecule has 0 aromatic carbocycles. The fraction of sp³-hybridized carbons (Fsp3) is 0.857. The third-order valence-corrected chi connectivity index (χ3v) is 4.65. The lowest BCUT2D eigenvalue weighted by molar-refractivity contribution is -0.142. The third kappa shape index (κ3) is 2.76. The first-order valence-corrected chi connectivity index (χ1v) is 7.48. The molecule has 3 aliphatic rings. The fourth-order valence-electron chi connectivity index (χ4n) is 3.23. The lowest BCUT2D eigenvalue weighted by Gasteiger charge is -2.36. The van der Waals surface area contributed by atoms with E-state index >= 15 is 0 Å². The third-order valence-electron chi connectivity index (χ3n) is 4.65. The molecular formula is C14H23N3O2. The van der Waals surface area contributed by atoms with Crippen molar-refractivity contribution in [2.45, 2.75) is 38.1 Å². The van der Waals surface area contributed by atoms with E-state index in [1.807, 2.05) is 9.80 Å². The predicted octanol–water partition coefficient (Wildman–Crippen LogP) is 0.195. The van der Waals surface area contributed by atoms with Gasteiger partial charge in [-0.15, -0.1) is 0 Å². The first kappa shape index (κ1) is 12.9. The molecule has 2 N–H and O–H groups in total. The van der Waals surface area contributed by atoms with Crippen molar-refractivity contribution < 1.29 is 9.59 Å². The number of carbonyl (C=O) groups excluding carboxylic acids is 2. The fourth-order valence-corrected chi connectivity index (χ4v) is 3.23. The summed E-state index contributed by atoms with van der Waals surface area (Å²) in [5, 5.41) is 0. The maximum atomic E-state index is 12.3. The van der Waals surface area contributed by atoms with Crippen molar-refractivity contribution in [1.82, 2.24) is 9.80 Å². The molecule has 0 spiro atoms. The van der Waals surface area contributed by atoms with Gasteiger partial charge in [-0.25, -0.2) is 0 Å². The van der Waals surface area contributed by atoms with E-state index < -0.39 is 0 Å². The van der Waals surface area contributed by atoms with Crippen LogP contribution < -0.4 is 5.73 Å². The van der Waals surface area contributed by atoms with E-state index in [4.69, 9.17) is 5.73 Å². The van der Waals surface area contributed by atoms with Crippen LogP contribution in [-0.4, -0.2) is 53.8 Å². The van der Waals surface area contributed by atoms with Gasteiger partial charge in [0.05, 0.1) is 0 Å². The van der Waals surface area contributed by atoms with E-state index in [9.17, 15) is 9.59 Å². The van der Waals surface area contributed by atoms with Gasteiger partial charge in [-0.3, -0.25) is 9.59 Å². The largest absolute Gasteiger partial charge is 0.339 e. The van der Waals surface area contributed by atoms with Crippen molar-refractivity contribution in [3.63, 3.8) is 0 Å². The standard InChI is InChI=1S/C14H23N3O2/c15-12-4-3-11(9-12)14(19)17-7-5-16(6-8-17)13(18)10-1-2-10/h10-12H,1-9,15H2. The number of nitrogens with zero attached hydrogens (tertiary/aromatic N) is 2. The molecule has 3 rings (SSSR count). The number of nitrogens with two attached hydrogens (primary N) is 1. The zero-order chi connectivity index (χ0) is 13.4. The van der Waals surface area contributed by atoms with Gasteiger partial charge in [-0.1, -0.05) is 0 Å². The molecule has 0 bridgehead atoms. The van der Waals surface area contributed by atoms with Crippen LogP contribution in [0.1, 0.15) is 32.1 Å². The number of piperazine rings is 1. The number of rotatable bonds is 2.